The minimum Gasteiger partial charge on any atom is -0.394 e. The van der Waals surface area contributed by atoms with Crippen molar-refractivity contribution in [1.82, 2.24) is 14.7 Å². The van der Waals surface area contributed by atoms with Crippen LogP contribution in [0.4, 0.5) is 9.80 Å². The van der Waals surface area contributed by atoms with E-state index in [1.807, 2.05) is 43.3 Å². The maximum Gasteiger partial charge on any atom is 0.279 e. The molecule has 1 saturated heterocycles. The number of nitrogens with zero attached hydrogens (tertiary/aromatic N) is 4. The van der Waals surface area contributed by atoms with Crippen LogP contribution < -0.4 is 10.5 Å². The van der Waals surface area contributed by atoms with Gasteiger partial charge < -0.3 is 23.8 Å². The molecule has 9 nitrogen and oxygen atoms in total. The SMILES string of the molecule is C[C@H]1[C@H]([Si](C)(C)F)[C@@H](CC(=O)N2Cc3ccccc3C[C@H]2CO)O[C@]12C(=O)N(C)c1ccc(-n3ncc4ccccc4c3=O)cc12. The molecule has 1 spiro atoms. The Bertz CT molecular complexity index is 1940. The van der Waals surface area contributed by atoms with Gasteiger partial charge in [0.2, 0.25) is 14.3 Å². The first-order chi connectivity index (χ1) is 22.0. The highest BCUT2D eigenvalue weighted by Gasteiger charge is 2.66. The van der Waals surface area contributed by atoms with Gasteiger partial charge in [0.15, 0.2) is 5.60 Å². The van der Waals surface area contributed by atoms with E-state index in [1.165, 1.54) is 9.58 Å². The van der Waals surface area contributed by atoms with E-state index in [1.54, 1.807) is 61.6 Å². The number of halogens is 1. The van der Waals surface area contributed by atoms with E-state index in [9.17, 15) is 19.5 Å². The number of fused-ring (bicyclic) bond motifs is 4. The van der Waals surface area contributed by atoms with Crippen LogP contribution in [-0.2, 0) is 32.9 Å². The molecular weight excluding hydrogens is 603 g/mol. The number of ether oxygens (including phenoxy) is 1. The molecule has 238 valence electrons. The lowest BCUT2D eigenvalue weighted by Gasteiger charge is -2.37. The van der Waals surface area contributed by atoms with Gasteiger partial charge in [0, 0.05) is 36.0 Å². The number of hydrogen-bond donors (Lipinski definition) is 1. The number of aliphatic hydroxyl groups is 1. The molecule has 46 heavy (non-hydrogen) atoms. The van der Waals surface area contributed by atoms with Gasteiger partial charge in [0.05, 0.1) is 48.1 Å². The minimum absolute atomic E-state index is 0.118. The van der Waals surface area contributed by atoms with Crippen LogP contribution in [0.2, 0.25) is 18.6 Å². The molecule has 1 fully saturated rings. The molecule has 0 radical (unpaired) electrons. The molecule has 3 aliphatic rings. The molecule has 5 atom stereocenters. The Morgan fingerprint density at radius 2 is 1.80 bits per heavy atom. The fraction of sp³-hybridized carbons (Fsp3) is 0.371. The molecule has 0 aliphatic carbocycles. The third-order valence-electron chi connectivity index (χ3n) is 10.3. The number of amides is 2. The largest absolute Gasteiger partial charge is 0.394 e. The smallest absolute Gasteiger partial charge is 0.279 e. The third kappa shape index (κ3) is 4.55. The van der Waals surface area contributed by atoms with Crippen LogP contribution in [0.15, 0.2) is 77.7 Å². The molecule has 0 unspecified atom stereocenters. The van der Waals surface area contributed by atoms with Gasteiger partial charge in [-0.15, -0.1) is 0 Å². The lowest BCUT2D eigenvalue weighted by Crippen LogP contribution is -2.48. The molecule has 0 bridgehead atoms. The fourth-order valence-electron chi connectivity index (χ4n) is 8.08. The Morgan fingerprint density at radius 3 is 2.54 bits per heavy atom. The molecule has 2 amide bonds. The summed E-state index contributed by atoms with van der Waals surface area (Å²) in [6.07, 6.45) is 1.17. The van der Waals surface area contributed by atoms with Crippen molar-refractivity contribution in [2.24, 2.45) is 5.92 Å². The summed E-state index contributed by atoms with van der Waals surface area (Å²) >= 11 is 0. The van der Waals surface area contributed by atoms with Crippen molar-refractivity contribution in [3.8, 4) is 5.69 Å². The number of anilines is 1. The second-order valence-electron chi connectivity index (χ2n) is 13.3. The van der Waals surface area contributed by atoms with Crippen LogP contribution in [0.25, 0.3) is 16.5 Å². The molecule has 7 rings (SSSR count). The highest BCUT2D eigenvalue weighted by molar-refractivity contribution is 6.72. The predicted molar refractivity (Wildman–Crippen MR) is 175 cm³/mol. The van der Waals surface area contributed by atoms with Crippen LogP contribution in [0, 0.1) is 5.92 Å². The Hall–Kier alpha value is -4.19. The lowest BCUT2D eigenvalue weighted by atomic mass is 9.82. The van der Waals surface area contributed by atoms with E-state index in [0.717, 1.165) is 16.5 Å². The van der Waals surface area contributed by atoms with Crippen molar-refractivity contribution in [2.75, 3.05) is 18.6 Å². The minimum atomic E-state index is -3.52. The van der Waals surface area contributed by atoms with Crippen LogP contribution in [0.1, 0.15) is 30.0 Å². The zero-order chi connectivity index (χ0) is 32.5. The van der Waals surface area contributed by atoms with Crippen LogP contribution >= 0.6 is 0 Å². The summed E-state index contributed by atoms with van der Waals surface area (Å²) in [4.78, 5) is 44.8. The molecule has 4 aromatic rings. The second kappa shape index (κ2) is 11.0. The van der Waals surface area contributed by atoms with Gasteiger partial charge in [-0.05, 0) is 54.9 Å². The standard InChI is InChI=1S/C35H37FN4O5Si/c1-21-32(46(3,4)36)30(17-31(42)39-19-24-11-6-5-9-22(24)15-26(39)20-41)45-35(21)28-16-25(13-14-29(28)38(2)34(35)44)40-33(43)27-12-8-7-10-23(27)18-37-40/h5-14,16,18,21,26,30,32,41H,15,17,19-20H2,1-4H3/t21-,26-,30+,32-,35+/m0/s1. The number of carbonyl (C=O) groups excluding carboxylic acids is 2. The Morgan fingerprint density at radius 1 is 1.09 bits per heavy atom. The molecule has 4 heterocycles. The van der Waals surface area contributed by atoms with Crippen molar-refractivity contribution < 1.29 is 23.5 Å². The fourth-order valence-corrected chi connectivity index (χ4v) is 10.6. The molecular formula is C35H37FN4O5Si. The van der Waals surface area contributed by atoms with E-state index in [-0.39, 0.29) is 30.4 Å². The first-order valence-electron chi connectivity index (χ1n) is 15.7. The van der Waals surface area contributed by atoms with E-state index in [2.05, 4.69) is 5.10 Å². The van der Waals surface area contributed by atoms with Crippen molar-refractivity contribution in [3.05, 3.63) is 100.0 Å². The Labute approximate surface area is 267 Å². The number of aromatic nitrogens is 2. The average molecular weight is 641 g/mol. The van der Waals surface area contributed by atoms with Gasteiger partial charge in [-0.25, -0.2) is 0 Å². The van der Waals surface area contributed by atoms with Gasteiger partial charge >= 0.3 is 0 Å². The highest BCUT2D eigenvalue weighted by Crippen LogP contribution is 2.60. The van der Waals surface area contributed by atoms with Crippen LogP contribution in [0.5, 0.6) is 0 Å². The summed E-state index contributed by atoms with van der Waals surface area (Å²) in [5.41, 5.74) is 1.19. The lowest BCUT2D eigenvalue weighted by molar-refractivity contribution is -0.150. The topological polar surface area (TPSA) is 105 Å². The Balaban J connectivity index is 1.28. The van der Waals surface area contributed by atoms with Gasteiger partial charge in [-0.3, -0.25) is 14.4 Å². The maximum absolute atomic E-state index is 16.3. The van der Waals surface area contributed by atoms with Gasteiger partial charge in [-0.1, -0.05) is 49.4 Å². The molecule has 0 saturated carbocycles. The first kappa shape index (κ1) is 30.5. The number of aliphatic hydroxyl groups excluding tert-OH is 1. The van der Waals surface area contributed by atoms with E-state index < -0.39 is 37.6 Å². The first-order valence-corrected chi connectivity index (χ1v) is 18.6. The van der Waals surface area contributed by atoms with Crippen molar-refractivity contribution in [1.29, 1.82) is 0 Å². The van der Waals surface area contributed by atoms with E-state index in [4.69, 9.17) is 4.74 Å². The number of hydrogen-bond acceptors (Lipinski definition) is 6. The van der Waals surface area contributed by atoms with Crippen molar-refractivity contribution in [2.45, 2.75) is 62.7 Å². The van der Waals surface area contributed by atoms with Crippen molar-refractivity contribution >= 4 is 36.7 Å². The summed E-state index contributed by atoms with van der Waals surface area (Å²) in [6.45, 7) is 5.18. The van der Waals surface area contributed by atoms with E-state index in [0.29, 0.717) is 35.3 Å². The molecule has 3 aliphatic heterocycles. The molecule has 1 N–H and O–H groups in total. The average Bonchev–Trinajstić information content (AvgIpc) is 3.46. The number of carbonyl (C=O) groups is 2. The zero-order valence-corrected chi connectivity index (χ0v) is 27.3. The summed E-state index contributed by atoms with van der Waals surface area (Å²) in [7, 11) is -1.86. The van der Waals surface area contributed by atoms with Crippen LogP contribution in [-0.4, -0.2) is 65.8 Å². The van der Waals surface area contributed by atoms with Gasteiger partial charge in [-0.2, -0.15) is 9.78 Å². The van der Waals surface area contributed by atoms with Crippen LogP contribution in [0.3, 0.4) is 0 Å². The zero-order valence-electron chi connectivity index (χ0n) is 26.3. The number of likely N-dealkylation sites (N-methyl/N-ethyl adjacent to an activating group) is 1. The molecule has 3 aromatic carbocycles. The van der Waals surface area contributed by atoms with Gasteiger partial charge in [0.1, 0.15) is 0 Å². The highest BCUT2D eigenvalue weighted by atomic mass is 28.4. The number of rotatable bonds is 5. The summed E-state index contributed by atoms with van der Waals surface area (Å²) in [5, 5.41) is 15.8. The monoisotopic (exact) mass is 640 g/mol. The Kier molecular flexibility index (Phi) is 7.26. The number of benzene rings is 3. The summed E-state index contributed by atoms with van der Waals surface area (Å²) in [6, 6.07) is 19.9. The normalized spacial score (nSPS) is 25.7. The second-order valence-corrected chi connectivity index (χ2v) is 17.1. The molecule has 11 heteroatoms. The predicted octanol–water partition coefficient (Wildman–Crippen LogP) is 4.47. The van der Waals surface area contributed by atoms with Gasteiger partial charge in [0.25, 0.3) is 11.5 Å². The third-order valence-corrected chi connectivity index (χ3v) is 12.7. The summed E-state index contributed by atoms with van der Waals surface area (Å²) in [5.74, 6) is -1.17. The van der Waals surface area contributed by atoms with E-state index >= 15 is 4.11 Å². The summed E-state index contributed by atoms with van der Waals surface area (Å²) < 4.78 is 24.4. The molecule has 1 aromatic heterocycles. The maximum atomic E-state index is 16.3. The van der Waals surface area contributed by atoms with Crippen molar-refractivity contribution in [3.63, 3.8) is 0 Å². The quantitative estimate of drug-likeness (QED) is 0.255.